The number of methoxy groups -OCH3 is 1. The third kappa shape index (κ3) is 2.63. The summed E-state index contributed by atoms with van der Waals surface area (Å²) in [4.78, 5) is 18.6. The monoisotopic (exact) mass is 292 g/mol. The highest BCUT2D eigenvalue weighted by Crippen LogP contribution is 2.28. The van der Waals surface area contributed by atoms with E-state index in [9.17, 15) is 4.79 Å². The van der Waals surface area contributed by atoms with Gasteiger partial charge < -0.3 is 9.72 Å². The van der Waals surface area contributed by atoms with E-state index in [1.54, 1.807) is 12.5 Å². The summed E-state index contributed by atoms with van der Waals surface area (Å²) in [5, 5.41) is 2.16. The molecular formula is C18H16N2O2. The average molecular weight is 292 g/mol. The highest BCUT2D eigenvalue weighted by atomic mass is 16.5. The molecular weight excluding hydrogens is 276 g/mol. The average Bonchev–Trinajstić information content (AvgIpc) is 3.08. The smallest absolute Gasteiger partial charge is 0.309 e. The lowest BCUT2D eigenvalue weighted by atomic mass is 9.95. The van der Waals surface area contributed by atoms with E-state index in [2.05, 4.69) is 16.5 Å². The van der Waals surface area contributed by atoms with Crippen LogP contribution in [0.25, 0.3) is 16.3 Å². The number of rotatable bonds is 4. The molecule has 0 spiro atoms. The maximum atomic E-state index is 11.5. The van der Waals surface area contributed by atoms with Gasteiger partial charge in [-0.05, 0) is 28.0 Å². The van der Waals surface area contributed by atoms with Gasteiger partial charge in [0.25, 0.3) is 0 Å². The van der Waals surface area contributed by atoms with Crippen molar-refractivity contribution in [3.05, 3.63) is 72.3 Å². The number of ether oxygens (including phenoxy) is 1. The van der Waals surface area contributed by atoms with E-state index in [1.807, 2.05) is 36.4 Å². The second kappa shape index (κ2) is 5.85. The molecule has 1 N–H and O–H groups in total. The van der Waals surface area contributed by atoms with Crippen LogP contribution in [0.4, 0.5) is 0 Å². The van der Waals surface area contributed by atoms with Crippen molar-refractivity contribution in [2.24, 2.45) is 0 Å². The number of aromatic nitrogens is 2. The number of imidazole rings is 1. The van der Waals surface area contributed by atoms with E-state index in [-0.39, 0.29) is 12.4 Å². The van der Waals surface area contributed by atoms with Gasteiger partial charge in [0, 0.05) is 5.57 Å². The van der Waals surface area contributed by atoms with E-state index in [0.29, 0.717) is 0 Å². The summed E-state index contributed by atoms with van der Waals surface area (Å²) in [5.41, 5.74) is 3.70. The fraction of sp³-hybridized carbons (Fsp3) is 0.111. The minimum absolute atomic E-state index is 0.246. The Morgan fingerprint density at radius 1 is 1.32 bits per heavy atom. The molecule has 22 heavy (non-hydrogen) atoms. The van der Waals surface area contributed by atoms with E-state index in [1.165, 1.54) is 7.11 Å². The Labute approximate surface area is 128 Å². The summed E-state index contributed by atoms with van der Waals surface area (Å²) < 4.78 is 4.73. The molecule has 0 aliphatic heterocycles. The Morgan fingerprint density at radius 3 is 2.91 bits per heavy atom. The van der Waals surface area contributed by atoms with Crippen LogP contribution >= 0.6 is 0 Å². The number of aromatic amines is 1. The van der Waals surface area contributed by atoms with Gasteiger partial charge in [0.2, 0.25) is 0 Å². The lowest BCUT2D eigenvalue weighted by molar-refractivity contribution is -0.139. The van der Waals surface area contributed by atoms with Crippen LogP contribution in [-0.2, 0) is 16.0 Å². The van der Waals surface area contributed by atoms with Gasteiger partial charge >= 0.3 is 5.97 Å². The largest absolute Gasteiger partial charge is 0.469 e. The molecule has 4 nitrogen and oxygen atoms in total. The van der Waals surface area contributed by atoms with Crippen molar-refractivity contribution >= 4 is 22.3 Å². The number of fused-ring (bicyclic) bond motifs is 1. The van der Waals surface area contributed by atoms with Crippen molar-refractivity contribution in [3.8, 4) is 0 Å². The number of esters is 1. The Balaban J connectivity index is 2.08. The first-order valence-corrected chi connectivity index (χ1v) is 6.95. The van der Waals surface area contributed by atoms with E-state index < -0.39 is 0 Å². The molecule has 3 aromatic rings. The zero-order valence-electron chi connectivity index (χ0n) is 12.3. The summed E-state index contributed by atoms with van der Waals surface area (Å²) >= 11 is 0. The number of carbonyl (C=O) groups excluding carboxylic acids is 1. The van der Waals surface area contributed by atoms with Crippen LogP contribution < -0.4 is 0 Å². The van der Waals surface area contributed by atoms with Crippen LogP contribution in [0.2, 0.25) is 0 Å². The summed E-state index contributed by atoms with van der Waals surface area (Å²) in [6, 6.07) is 12.0. The molecule has 1 heterocycles. The molecule has 2 aromatic carbocycles. The normalized spacial score (nSPS) is 10.6. The molecule has 110 valence electrons. The lowest BCUT2D eigenvalue weighted by Crippen LogP contribution is -2.04. The fourth-order valence-corrected chi connectivity index (χ4v) is 2.50. The van der Waals surface area contributed by atoms with E-state index in [4.69, 9.17) is 4.74 Å². The predicted octanol–water partition coefficient (Wildman–Crippen LogP) is 3.34. The molecule has 0 unspecified atom stereocenters. The van der Waals surface area contributed by atoms with Gasteiger partial charge in [-0.25, -0.2) is 4.98 Å². The van der Waals surface area contributed by atoms with Crippen LogP contribution in [0.3, 0.4) is 0 Å². The van der Waals surface area contributed by atoms with Gasteiger partial charge in [-0.15, -0.1) is 0 Å². The van der Waals surface area contributed by atoms with Gasteiger partial charge in [0.1, 0.15) is 0 Å². The SMILES string of the molecule is C=C(c1cnc[nH]1)c1cccc2ccc(CC(=O)OC)cc12. The van der Waals surface area contributed by atoms with Crippen molar-refractivity contribution < 1.29 is 9.53 Å². The van der Waals surface area contributed by atoms with Gasteiger partial charge in [0.05, 0.1) is 31.7 Å². The first-order chi connectivity index (χ1) is 10.7. The molecule has 0 radical (unpaired) electrons. The lowest BCUT2D eigenvalue weighted by Gasteiger charge is -2.10. The molecule has 0 fully saturated rings. The molecule has 0 atom stereocenters. The van der Waals surface area contributed by atoms with E-state index >= 15 is 0 Å². The van der Waals surface area contributed by atoms with Crippen molar-refractivity contribution in [3.63, 3.8) is 0 Å². The number of benzene rings is 2. The van der Waals surface area contributed by atoms with Crippen molar-refractivity contribution in [1.29, 1.82) is 0 Å². The number of H-pyrrole nitrogens is 1. The van der Waals surface area contributed by atoms with Crippen LogP contribution in [0, 0.1) is 0 Å². The van der Waals surface area contributed by atoms with Crippen molar-refractivity contribution in [2.45, 2.75) is 6.42 Å². The molecule has 0 saturated carbocycles. The number of nitrogens with zero attached hydrogens (tertiary/aromatic N) is 1. The second-order valence-electron chi connectivity index (χ2n) is 5.06. The fourth-order valence-electron chi connectivity index (χ4n) is 2.50. The predicted molar refractivity (Wildman–Crippen MR) is 86.4 cm³/mol. The highest BCUT2D eigenvalue weighted by molar-refractivity contribution is 5.97. The molecule has 3 rings (SSSR count). The van der Waals surface area contributed by atoms with Gasteiger partial charge in [-0.2, -0.15) is 0 Å². The van der Waals surface area contributed by atoms with Crippen LogP contribution in [0.5, 0.6) is 0 Å². The van der Waals surface area contributed by atoms with Gasteiger partial charge in [-0.3, -0.25) is 4.79 Å². The Morgan fingerprint density at radius 2 is 2.18 bits per heavy atom. The molecule has 0 bridgehead atoms. The van der Waals surface area contributed by atoms with Crippen LogP contribution in [0.15, 0.2) is 55.5 Å². The number of nitrogens with one attached hydrogen (secondary N) is 1. The zero-order chi connectivity index (χ0) is 15.5. The third-order valence-corrected chi connectivity index (χ3v) is 3.67. The summed E-state index contributed by atoms with van der Waals surface area (Å²) in [5.74, 6) is -0.246. The molecule has 1 aromatic heterocycles. The van der Waals surface area contributed by atoms with Crippen molar-refractivity contribution in [1.82, 2.24) is 9.97 Å². The number of hydrogen-bond acceptors (Lipinski definition) is 3. The Hall–Kier alpha value is -2.88. The molecule has 0 saturated heterocycles. The number of hydrogen-bond donors (Lipinski definition) is 1. The van der Waals surface area contributed by atoms with Gasteiger partial charge in [-0.1, -0.05) is 36.9 Å². The molecule has 4 heteroatoms. The summed E-state index contributed by atoms with van der Waals surface area (Å²) in [6.07, 6.45) is 3.64. The molecule has 0 aliphatic carbocycles. The van der Waals surface area contributed by atoms with Crippen LogP contribution in [0.1, 0.15) is 16.8 Å². The minimum Gasteiger partial charge on any atom is -0.469 e. The number of carbonyl (C=O) groups is 1. The van der Waals surface area contributed by atoms with Gasteiger partial charge in [0.15, 0.2) is 0 Å². The summed E-state index contributed by atoms with van der Waals surface area (Å²) in [6.45, 7) is 4.16. The quantitative estimate of drug-likeness (QED) is 0.750. The maximum Gasteiger partial charge on any atom is 0.309 e. The second-order valence-corrected chi connectivity index (χ2v) is 5.06. The maximum absolute atomic E-state index is 11.5. The topological polar surface area (TPSA) is 55.0 Å². The Bertz CT molecular complexity index is 835. The Kier molecular flexibility index (Phi) is 3.74. The first kappa shape index (κ1) is 14.1. The standard InChI is InChI=1S/C18H16N2O2/c1-12(17-10-19-11-20-17)15-5-3-4-14-7-6-13(8-16(14)15)9-18(21)22-2/h3-8,10-11H,1,9H2,2H3,(H,19,20). The van der Waals surface area contributed by atoms with E-state index in [0.717, 1.165) is 33.2 Å². The minimum atomic E-state index is -0.246. The molecule has 0 amide bonds. The molecule has 0 aliphatic rings. The van der Waals surface area contributed by atoms with Crippen LogP contribution in [-0.4, -0.2) is 23.0 Å². The third-order valence-electron chi connectivity index (χ3n) is 3.67. The zero-order valence-corrected chi connectivity index (χ0v) is 12.3. The highest BCUT2D eigenvalue weighted by Gasteiger charge is 2.10. The first-order valence-electron chi connectivity index (χ1n) is 6.95. The summed E-state index contributed by atoms with van der Waals surface area (Å²) in [7, 11) is 1.40. The van der Waals surface area contributed by atoms with Crippen molar-refractivity contribution in [2.75, 3.05) is 7.11 Å².